The molecule has 14 nitrogen and oxygen atoms in total. The molecule has 11 unspecified atom stereocenters. The molecule has 72 heavy (non-hydrogen) atoms. The number of esters is 1. The van der Waals surface area contributed by atoms with Crippen molar-refractivity contribution in [2.24, 2.45) is 0 Å². The first-order valence-electron chi connectivity index (χ1n) is 28.0. The van der Waals surface area contributed by atoms with Crippen molar-refractivity contribution >= 4 is 5.97 Å². The SMILES string of the molecule is CC/C=C\C/C=C\C/C=C\C/C=C\CCCCCCCCCCCOCC(COC1OC(COC2OC(CO)C(O)C(O)C2O)C(O)C(O)C1O)OC(=O)CCCCCCC/C=C\C/C=C\CCCCCC. The summed E-state index contributed by atoms with van der Waals surface area (Å²) in [7, 11) is 0. The van der Waals surface area contributed by atoms with Gasteiger partial charge in [-0.3, -0.25) is 4.79 Å². The Labute approximate surface area is 434 Å². The fourth-order valence-electron chi connectivity index (χ4n) is 8.42. The molecule has 0 aromatic carbocycles. The minimum absolute atomic E-state index is 0.0482. The van der Waals surface area contributed by atoms with Crippen LogP contribution in [0.4, 0.5) is 0 Å². The first kappa shape index (κ1) is 65.5. The second-order valence-corrected chi connectivity index (χ2v) is 19.4. The van der Waals surface area contributed by atoms with Gasteiger partial charge in [0.1, 0.15) is 54.9 Å². The number of carbonyl (C=O) groups excluding carboxylic acids is 1. The highest BCUT2D eigenvalue weighted by Crippen LogP contribution is 2.26. The van der Waals surface area contributed by atoms with Crippen LogP contribution < -0.4 is 0 Å². The second kappa shape index (κ2) is 44.7. The molecule has 2 heterocycles. The maximum atomic E-state index is 13.0. The topological polar surface area (TPSA) is 214 Å². The summed E-state index contributed by atoms with van der Waals surface area (Å²) < 4.78 is 34.3. The number of aliphatic hydroxyl groups is 7. The first-order valence-corrected chi connectivity index (χ1v) is 28.0. The standard InChI is InChI=1S/C58H100O14/c1-3-5-7-9-11-13-15-17-19-21-22-23-24-25-26-28-30-32-34-36-38-40-42-67-44-47(70-50(60)41-39-37-35-33-31-29-27-20-18-16-14-12-10-8-6-4-2)45-68-57-56(66)54(64)52(62)49(72-57)46-69-58-55(65)53(63)51(61)48(43-59)71-58/h5,7,11,13-14,16-17,19-20,22-23,27,47-49,51-59,61-66H,3-4,6,8-10,12,15,18,21,24-26,28-46H2,1-2H3/b7-5-,13-11-,16-14-,19-17-,23-22-,27-20-. The third-order valence-corrected chi connectivity index (χ3v) is 12.9. The number of carbonyl (C=O) groups is 1. The molecule has 0 spiro atoms. The lowest BCUT2D eigenvalue weighted by Crippen LogP contribution is -2.61. The number of allylic oxidation sites excluding steroid dienone is 12. The van der Waals surface area contributed by atoms with Crippen LogP contribution >= 0.6 is 0 Å². The van der Waals surface area contributed by atoms with E-state index in [4.69, 9.17) is 28.4 Å². The Morgan fingerprint density at radius 3 is 1.42 bits per heavy atom. The smallest absolute Gasteiger partial charge is 0.306 e. The third-order valence-electron chi connectivity index (χ3n) is 12.9. The third kappa shape index (κ3) is 31.3. The normalized spacial score (nSPS) is 25.7. The summed E-state index contributed by atoms with van der Waals surface area (Å²) in [5.74, 6) is -0.394. The molecule has 2 fully saturated rings. The highest BCUT2D eigenvalue weighted by atomic mass is 16.7. The van der Waals surface area contributed by atoms with Crippen molar-refractivity contribution in [3.63, 3.8) is 0 Å². The quantitative estimate of drug-likeness (QED) is 0.0172. The zero-order valence-electron chi connectivity index (χ0n) is 44.4. The summed E-state index contributed by atoms with van der Waals surface area (Å²) in [4.78, 5) is 13.0. The fourth-order valence-corrected chi connectivity index (χ4v) is 8.42. The Kier molecular flexibility index (Phi) is 40.7. The lowest BCUT2D eigenvalue weighted by molar-refractivity contribution is -0.332. The van der Waals surface area contributed by atoms with Gasteiger partial charge < -0.3 is 64.2 Å². The van der Waals surface area contributed by atoms with Crippen LogP contribution in [0, 0.1) is 0 Å². The molecule has 2 aliphatic heterocycles. The van der Waals surface area contributed by atoms with Gasteiger partial charge in [-0.2, -0.15) is 0 Å². The maximum absolute atomic E-state index is 13.0. The molecule has 2 aliphatic rings. The molecule has 0 aromatic heterocycles. The summed E-state index contributed by atoms with van der Waals surface area (Å²) >= 11 is 0. The number of hydrogen-bond acceptors (Lipinski definition) is 14. The molecule has 0 radical (unpaired) electrons. The van der Waals surface area contributed by atoms with E-state index in [-0.39, 0.29) is 19.6 Å². The van der Waals surface area contributed by atoms with Gasteiger partial charge in [0.15, 0.2) is 12.6 Å². The summed E-state index contributed by atoms with van der Waals surface area (Å²) in [5.41, 5.74) is 0. The Morgan fingerprint density at radius 1 is 0.472 bits per heavy atom. The van der Waals surface area contributed by atoms with Crippen molar-refractivity contribution in [3.8, 4) is 0 Å². The molecule has 0 aliphatic carbocycles. The van der Waals surface area contributed by atoms with Gasteiger partial charge in [-0.1, -0.05) is 170 Å². The zero-order chi connectivity index (χ0) is 52.3. The Balaban J connectivity index is 1.74. The average Bonchev–Trinajstić information content (AvgIpc) is 3.38. The van der Waals surface area contributed by atoms with E-state index in [1.807, 2.05) is 0 Å². The van der Waals surface area contributed by atoms with Crippen LogP contribution in [-0.2, 0) is 33.2 Å². The van der Waals surface area contributed by atoms with Gasteiger partial charge >= 0.3 is 5.97 Å². The molecule has 14 heteroatoms. The van der Waals surface area contributed by atoms with Gasteiger partial charge in [0.05, 0.1) is 26.4 Å². The number of hydrogen-bond donors (Lipinski definition) is 7. The van der Waals surface area contributed by atoms with Crippen molar-refractivity contribution in [1.82, 2.24) is 0 Å². The van der Waals surface area contributed by atoms with Gasteiger partial charge in [-0.15, -0.1) is 0 Å². The highest BCUT2D eigenvalue weighted by Gasteiger charge is 2.47. The summed E-state index contributed by atoms with van der Waals surface area (Å²) in [6.45, 7) is 3.52. The summed E-state index contributed by atoms with van der Waals surface area (Å²) in [6.07, 6.45) is 39.6. The van der Waals surface area contributed by atoms with E-state index in [2.05, 4.69) is 86.8 Å². The average molecular weight is 1020 g/mol. The summed E-state index contributed by atoms with van der Waals surface area (Å²) in [6, 6.07) is 0. The molecular weight excluding hydrogens is 921 g/mol. The van der Waals surface area contributed by atoms with Gasteiger partial charge in [0.2, 0.25) is 0 Å². The lowest BCUT2D eigenvalue weighted by atomic mass is 9.98. The predicted octanol–water partition coefficient (Wildman–Crippen LogP) is 9.47. The van der Waals surface area contributed by atoms with Gasteiger partial charge in [-0.25, -0.2) is 0 Å². The monoisotopic (exact) mass is 1020 g/mol. The highest BCUT2D eigenvalue weighted by molar-refractivity contribution is 5.69. The van der Waals surface area contributed by atoms with Crippen LogP contribution in [0.15, 0.2) is 72.9 Å². The van der Waals surface area contributed by atoms with Crippen LogP contribution in [0.2, 0.25) is 0 Å². The van der Waals surface area contributed by atoms with Crippen molar-refractivity contribution in [1.29, 1.82) is 0 Å². The van der Waals surface area contributed by atoms with Crippen LogP contribution in [0.25, 0.3) is 0 Å². The molecular formula is C58H100O14. The van der Waals surface area contributed by atoms with Crippen LogP contribution in [0.5, 0.6) is 0 Å². The molecule has 7 N–H and O–H groups in total. The van der Waals surface area contributed by atoms with Crippen LogP contribution in [0.3, 0.4) is 0 Å². The van der Waals surface area contributed by atoms with Crippen molar-refractivity contribution < 1.29 is 69.0 Å². The minimum Gasteiger partial charge on any atom is -0.457 e. The van der Waals surface area contributed by atoms with Gasteiger partial charge in [0, 0.05) is 13.0 Å². The number of ether oxygens (including phenoxy) is 6. The molecule has 0 saturated carbocycles. The molecule has 2 saturated heterocycles. The number of unbranched alkanes of at least 4 members (excludes halogenated alkanes) is 18. The Hall–Kier alpha value is -2.57. The van der Waals surface area contributed by atoms with E-state index in [1.165, 1.54) is 64.2 Å². The minimum atomic E-state index is -1.71. The number of rotatable bonds is 44. The van der Waals surface area contributed by atoms with E-state index in [0.29, 0.717) is 13.0 Å². The van der Waals surface area contributed by atoms with Crippen molar-refractivity contribution in [2.75, 3.05) is 33.0 Å². The van der Waals surface area contributed by atoms with Gasteiger partial charge in [0.25, 0.3) is 0 Å². The Bertz CT molecular complexity index is 1460. The van der Waals surface area contributed by atoms with E-state index in [0.717, 1.165) is 96.3 Å². The number of aliphatic hydroxyl groups excluding tert-OH is 7. The first-order chi connectivity index (χ1) is 35.1. The molecule has 2 rings (SSSR count). The van der Waals surface area contributed by atoms with E-state index >= 15 is 0 Å². The molecule has 0 bridgehead atoms. The molecule has 0 aromatic rings. The lowest BCUT2D eigenvalue weighted by Gasteiger charge is -2.42. The fraction of sp³-hybridized carbons (Fsp3) is 0.776. The summed E-state index contributed by atoms with van der Waals surface area (Å²) in [5, 5.41) is 72.3. The van der Waals surface area contributed by atoms with Crippen molar-refractivity contribution in [2.45, 2.75) is 255 Å². The van der Waals surface area contributed by atoms with Crippen LogP contribution in [-0.4, -0.2) is 142 Å². The Morgan fingerprint density at radius 2 is 0.903 bits per heavy atom. The van der Waals surface area contributed by atoms with E-state index in [9.17, 15) is 40.5 Å². The molecule has 11 atom stereocenters. The zero-order valence-corrected chi connectivity index (χ0v) is 44.4. The van der Waals surface area contributed by atoms with E-state index in [1.54, 1.807) is 0 Å². The van der Waals surface area contributed by atoms with Crippen molar-refractivity contribution in [3.05, 3.63) is 72.9 Å². The van der Waals surface area contributed by atoms with Gasteiger partial charge in [-0.05, 0) is 83.5 Å². The molecule has 0 amide bonds. The predicted molar refractivity (Wildman–Crippen MR) is 284 cm³/mol. The van der Waals surface area contributed by atoms with Crippen LogP contribution in [0.1, 0.15) is 187 Å². The van der Waals surface area contributed by atoms with E-state index < -0.39 is 86.7 Å². The second-order valence-electron chi connectivity index (χ2n) is 19.4. The molecule has 416 valence electrons. The largest absolute Gasteiger partial charge is 0.457 e. The maximum Gasteiger partial charge on any atom is 0.306 e.